The molecule has 0 spiro atoms. The first kappa shape index (κ1) is 18.6. The van der Waals surface area contributed by atoms with Gasteiger partial charge in [-0.05, 0) is 6.92 Å². The number of nitrogens with zero attached hydrogens (tertiary/aromatic N) is 2. The highest BCUT2D eigenvalue weighted by Gasteiger charge is 2.38. The van der Waals surface area contributed by atoms with E-state index in [0.29, 0.717) is 17.2 Å². The second-order valence-electron chi connectivity index (χ2n) is 5.94. The van der Waals surface area contributed by atoms with Gasteiger partial charge < -0.3 is 24.4 Å². The van der Waals surface area contributed by atoms with Gasteiger partial charge in [-0.2, -0.15) is 0 Å². The number of anilines is 1. The molecular formula is C17H22N2O6. The summed E-state index contributed by atoms with van der Waals surface area (Å²) in [4.78, 5) is 38.6. The maximum Gasteiger partial charge on any atom is 0.326 e. The van der Waals surface area contributed by atoms with Crippen LogP contribution in [-0.2, 0) is 14.4 Å². The number of amides is 2. The minimum Gasteiger partial charge on any atom is -0.497 e. The van der Waals surface area contributed by atoms with Crippen LogP contribution in [0.5, 0.6) is 11.5 Å². The number of hydrogen-bond donors (Lipinski definition) is 1. The maximum absolute atomic E-state index is 12.5. The lowest BCUT2D eigenvalue weighted by Crippen LogP contribution is -2.43. The van der Waals surface area contributed by atoms with Gasteiger partial charge in [0.05, 0.1) is 25.8 Å². The van der Waals surface area contributed by atoms with Gasteiger partial charge in [0.1, 0.15) is 17.5 Å². The molecule has 0 aliphatic carbocycles. The molecule has 2 atom stereocenters. The molecule has 136 valence electrons. The van der Waals surface area contributed by atoms with Crippen molar-refractivity contribution in [3.05, 3.63) is 18.2 Å². The van der Waals surface area contributed by atoms with Crippen molar-refractivity contribution in [1.82, 2.24) is 4.90 Å². The standard InChI is InChI=1S/C17H22N2O6/c1-10(17(22)23)18(2)16(21)11-5-15(20)19(9-11)12-6-13(24-3)8-14(7-12)25-4/h6-8,10-11H,5,9H2,1-4H3,(H,22,23). The zero-order valence-corrected chi connectivity index (χ0v) is 14.7. The van der Waals surface area contributed by atoms with Gasteiger partial charge in [-0.15, -0.1) is 0 Å². The first-order valence-corrected chi connectivity index (χ1v) is 7.81. The molecule has 1 N–H and O–H groups in total. The fourth-order valence-electron chi connectivity index (χ4n) is 2.72. The number of carbonyl (C=O) groups excluding carboxylic acids is 2. The highest BCUT2D eigenvalue weighted by atomic mass is 16.5. The Balaban J connectivity index is 2.20. The van der Waals surface area contributed by atoms with Crippen molar-refractivity contribution in [2.24, 2.45) is 5.92 Å². The summed E-state index contributed by atoms with van der Waals surface area (Å²) in [6.45, 7) is 1.62. The predicted molar refractivity (Wildman–Crippen MR) is 89.9 cm³/mol. The lowest BCUT2D eigenvalue weighted by molar-refractivity contribution is -0.149. The molecule has 2 amide bonds. The third-order valence-corrected chi connectivity index (χ3v) is 4.41. The van der Waals surface area contributed by atoms with Gasteiger partial charge >= 0.3 is 5.97 Å². The van der Waals surface area contributed by atoms with E-state index in [1.54, 1.807) is 18.2 Å². The minimum atomic E-state index is -1.09. The molecule has 0 saturated carbocycles. The normalized spacial score (nSPS) is 18.0. The summed E-state index contributed by atoms with van der Waals surface area (Å²) in [5, 5.41) is 9.04. The molecule has 25 heavy (non-hydrogen) atoms. The van der Waals surface area contributed by atoms with Crippen LogP contribution in [0.15, 0.2) is 18.2 Å². The molecule has 1 saturated heterocycles. The van der Waals surface area contributed by atoms with Crippen molar-refractivity contribution in [2.45, 2.75) is 19.4 Å². The molecule has 1 heterocycles. The van der Waals surface area contributed by atoms with Crippen LogP contribution in [0.3, 0.4) is 0 Å². The summed E-state index contributed by atoms with van der Waals surface area (Å²) in [5.41, 5.74) is 0.574. The molecule has 1 aliphatic heterocycles. The van der Waals surface area contributed by atoms with Crippen molar-refractivity contribution in [3.8, 4) is 11.5 Å². The summed E-state index contributed by atoms with van der Waals surface area (Å²) in [5.74, 6) is -1.17. The van der Waals surface area contributed by atoms with E-state index in [0.717, 1.165) is 4.90 Å². The van der Waals surface area contributed by atoms with Crippen molar-refractivity contribution < 1.29 is 29.0 Å². The van der Waals surface area contributed by atoms with Gasteiger partial charge in [0.2, 0.25) is 11.8 Å². The van der Waals surface area contributed by atoms with Crippen LogP contribution in [0, 0.1) is 5.92 Å². The molecule has 0 radical (unpaired) electrons. The molecule has 8 heteroatoms. The molecule has 2 rings (SSSR count). The Kier molecular flexibility index (Phi) is 5.51. The molecule has 1 aromatic carbocycles. The number of hydrogen-bond acceptors (Lipinski definition) is 5. The average molecular weight is 350 g/mol. The summed E-state index contributed by atoms with van der Waals surface area (Å²) < 4.78 is 10.4. The molecule has 0 bridgehead atoms. The highest BCUT2D eigenvalue weighted by Crippen LogP contribution is 2.32. The van der Waals surface area contributed by atoms with Crippen molar-refractivity contribution >= 4 is 23.5 Å². The largest absolute Gasteiger partial charge is 0.497 e. The van der Waals surface area contributed by atoms with Gasteiger partial charge in [0, 0.05) is 38.2 Å². The van der Waals surface area contributed by atoms with Crippen molar-refractivity contribution in [2.75, 3.05) is 32.7 Å². The number of methoxy groups -OCH3 is 2. The van der Waals surface area contributed by atoms with Crippen molar-refractivity contribution in [1.29, 1.82) is 0 Å². The number of carbonyl (C=O) groups is 3. The van der Waals surface area contributed by atoms with E-state index >= 15 is 0 Å². The molecule has 1 aromatic rings. The summed E-state index contributed by atoms with van der Waals surface area (Å²) in [7, 11) is 4.46. The number of carboxylic acids is 1. The zero-order valence-electron chi connectivity index (χ0n) is 14.7. The second-order valence-corrected chi connectivity index (χ2v) is 5.94. The van der Waals surface area contributed by atoms with E-state index in [9.17, 15) is 14.4 Å². The van der Waals surface area contributed by atoms with Gasteiger partial charge in [-0.1, -0.05) is 0 Å². The lowest BCUT2D eigenvalue weighted by atomic mass is 10.1. The van der Waals surface area contributed by atoms with Gasteiger partial charge in [0.25, 0.3) is 0 Å². The zero-order chi connectivity index (χ0) is 18.7. The lowest BCUT2D eigenvalue weighted by Gasteiger charge is -2.24. The number of rotatable bonds is 6. The number of aliphatic carboxylic acids is 1. The topological polar surface area (TPSA) is 96.4 Å². The third kappa shape index (κ3) is 3.84. The Labute approximate surface area is 145 Å². The maximum atomic E-state index is 12.5. The number of likely N-dealkylation sites (N-methyl/N-ethyl adjacent to an activating group) is 1. The fourth-order valence-corrected chi connectivity index (χ4v) is 2.72. The van der Waals surface area contributed by atoms with E-state index < -0.39 is 17.9 Å². The first-order valence-electron chi connectivity index (χ1n) is 7.81. The quantitative estimate of drug-likeness (QED) is 0.822. The predicted octanol–water partition coefficient (Wildman–Crippen LogP) is 0.988. The molecule has 8 nitrogen and oxygen atoms in total. The average Bonchev–Trinajstić information content (AvgIpc) is 3.00. The monoisotopic (exact) mass is 350 g/mol. The SMILES string of the molecule is COc1cc(OC)cc(N2CC(C(=O)N(C)C(C)C(=O)O)CC2=O)c1. The van der Waals surface area contributed by atoms with E-state index in [-0.39, 0.29) is 24.8 Å². The minimum absolute atomic E-state index is 0.0367. The van der Waals surface area contributed by atoms with Crippen LogP contribution in [-0.4, -0.2) is 61.6 Å². The number of benzene rings is 1. The van der Waals surface area contributed by atoms with Crippen LogP contribution in [0.25, 0.3) is 0 Å². The Hall–Kier alpha value is -2.77. The Bertz CT molecular complexity index is 667. The fraction of sp³-hybridized carbons (Fsp3) is 0.471. The summed E-state index contributed by atoms with van der Waals surface area (Å²) >= 11 is 0. The van der Waals surface area contributed by atoms with Crippen LogP contribution < -0.4 is 14.4 Å². The molecular weight excluding hydrogens is 328 g/mol. The van der Waals surface area contributed by atoms with Crippen LogP contribution in [0.1, 0.15) is 13.3 Å². The van der Waals surface area contributed by atoms with E-state index in [2.05, 4.69) is 0 Å². The third-order valence-electron chi connectivity index (χ3n) is 4.41. The van der Waals surface area contributed by atoms with E-state index in [1.807, 2.05) is 0 Å². The molecule has 2 unspecified atom stereocenters. The number of carboxylic acid groups (broad SMARTS) is 1. The summed E-state index contributed by atoms with van der Waals surface area (Å²) in [6.07, 6.45) is 0.0367. The van der Waals surface area contributed by atoms with Crippen LogP contribution in [0.4, 0.5) is 5.69 Å². The van der Waals surface area contributed by atoms with E-state index in [1.165, 1.54) is 33.1 Å². The number of ether oxygens (including phenoxy) is 2. The van der Waals surface area contributed by atoms with Gasteiger partial charge in [-0.3, -0.25) is 9.59 Å². The van der Waals surface area contributed by atoms with Crippen LogP contribution >= 0.6 is 0 Å². The smallest absolute Gasteiger partial charge is 0.326 e. The Morgan fingerprint density at radius 1 is 1.24 bits per heavy atom. The van der Waals surface area contributed by atoms with Crippen molar-refractivity contribution in [3.63, 3.8) is 0 Å². The van der Waals surface area contributed by atoms with Gasteiger partial charge in [0.15, 0.2) is 0 Å². The second kappa shape index (κ2) is 7.42. The Morgan fingerprint density at radius 3 is 2.28 bits per heavy atom. The van der Waals surface area contributed by atoms with Gasteiger partial charge in [-0.25, -0.2) is 4.79 Å². The Morgan fingerprint density at radius 2 is 1.80 bits per heavy atom. The first-order chi connectivity index (χ1) is 11.8. The summed E-state index contributed by atoms with van der Waals surface area (Å²) in [6, 6.07) is 4.12. The van der Waals surface area contributed by atoms with Crippen LogP contribution in [0.2, 0.25) is 0 Å². The van der Waals surface area contributed by atoms with E-state index in [4.69, 9.17) is 14.6 Å². The highest BCUT2D eigenvalue weighted by molar-refractivity contribution is 6.01. The molecule has 1 fully saturated rings. The molecule has 1 aliphatic rings. The molecule has 0 aromatic heterocycles.